The molecule has 62 valence electrons. The molecule has 2 aromatic rings. The van der Waals surface area contributed by atoms with Crippen molar-refractivity contribution in [3.05, 3.63) is 23.0 Å². The van der Waals surface area contributed by atoms with Crippen LogP contribution in [0.1, 0.15) is 5.01 Å². The lowest BCUT2D eigenvalue weighted by molar-refractivity contribution is 0.455. The van der Waals surface area contributed by atoms with Crippen molar-refractivity contribution in [1.82, 2.24) is 19.7 Å². The number of hydrogen-bond acceptors (Lipinski definition) is 5. The summed E-state index contributed by atoms with van der Waals surface area (Å²) in [6.45, 7) is 0.561. The van der Waals surface area contributed by atoms with Gasteiger partial charge in [-0.1, -0.05) is 0 Å². The highest BCUT2D eigenvalue weighted by atomic mass is 32.1. The predicted octanol–water partition coefficient (Wildman–Crippen LogP) is 0.488. The summed E-state index contributed by atoms with van der Waals surface area (Å²) in [6, 6.07) is 0. The maximum atomic E-state index is 8.94. The Morgan fingerprint density at radius 1 is 1.58 bits per heavy atom. The molecule has 0 fully saturated rings. The molecule has 2 heterocycles. The summed E-state index contributed by atoms with van der Waals surface area (Å²) in [6.07, 6.45) is 3.08. The van der Waals surface area contributed by atoms with E-state index in [1.165, 1.54) is 17.7 Å². The average molecular weight is 182 g/mol. The zero-order chi connectivity index (χ0) is 8.39. The van der Waals surface area contributed by atoms with Crippen molar-refractivity contribution < 1.29 is 5.11 Å². The van der Waals surface area contributed by atoms with Crippen molar-refractivity contribution in [3.8, 4) is 5.88 Å². The number of rotatable bonds is 2. The van der Waals surface area contributed by atoms with Gasteiger partial charge in [-0.3, -0.25) is 0 Å². The van der Waals surface area contributed by atoms with E-state index in [9.17, 15) is 0 Å². The van der Waals surface area contributed by atoms with E-state index in [2.05, 4.69) is 15.1 Å². The zero-order valence-corrected chi connectivity index (χ0v) is 6.90. The van der Waals surface area contributed by atoms with Gasteiger partial charge < -0.3 is 5.11 Å². The smallest absolute Gasteiger partial charge is 0.222 e. The molecule has 0 aromatic carbocycles. The van der Waals surface area contributed by atoms with Crippen LogP contribution < -0.4 is 0 Å². The second kappa shape index (κ2) is 2.90. The SMILES string of the molecule is Oc1csc(Cn2cncn2)n1. The first kappa shape index (κ1) is 7.23. The Balaban J connectivity index is 2.14. The van der Waals surface area contributed by atoms with E-state index >= 15 is 0 Å². The van der Waals surface area contributed by atoms with Gasteiger partial charge in [0.15, 0.2) is 0 Å². The molecule has 6 heteroatoms. The topological polar surface area (TPSA) is 63.8 Å². The second-order valence-corrected chi connectivity index (χ2v) is 3.14. The van der Waals surface area contributed by atoms with E-state index in [0.29, 0.717) is 6.54 Å². The van der Waals surface area contributed by atoms with Crippen LogP contribution in [0.3, 0.4) is 0 Å². The molecule has 0 radical (unpaired) electrons. The maximum Gasteiger partial charge on any atom is 0.222 e. The summed E-state index contributed by atoms with van der Waals surface area (Å²) in [5.41, 5.74) is 0. The van der Waals surface area contributed by atoms with Crippen LogP contribution >= 0.6 is 11.3 Å². The van der Waals surface area contributed by atoms with Crippen LogP contribution in [0.15, 0.2) is 18.0 Å². The number of aromatic nitrogens is 4. The van der Waals surface area contributed by atoms with Crippen LogP contribution in [0.4, 0.5) is 0 Å². The fraction of sp³-hybridized carbons (Fsp3) is 0.167. The first-order valence-corrected chi connectivity index (χ1v) is 4.18. The molecule has 0 bridgehead atoms. The molecule has 0 saturated heterocycles. The lowest BCUT2D eigenvalue weighted by atomic mass is 10.7. The molecule has 5 nitrogen and oxygen atoms in total. The first-order valence-electron chi connectivity index (χ1n) is 3.30. The fourth-order valence-corrected chi connectivity index (χ4v) is 1.47. The molecule has 0 aliphatic rings. The Morgan fingerprint density at radius 3 is 3.08 bits per heavy atom. The van der Waals surface area contributed by atoms with E-state index < -0.39 is 0 Å². The Bertz CT molecular complexity index is 355. The maximum absolute atomic E-state index is 8.94. The number of thiazole rings is 1. The Morgan fingerprint density at radius 2 is 2.50 bits per heavy atom. The van der Waals surface area contributed by atoms with Gasteiger partial charge >= 0.3 is 0 Å². The normalized spacial score (nSPS) is 10.3. The molecule has 0 atom stereocenters. The van der Waals surface area contributed by atoms with Gasteiger partial charge in [-0.05, 0) is 0 Å². The third-order valence-corrected chi connectivity index (χ3v) is 2.12. The average Bonchev–Trinajstić information content (AvgIpc) is 2.63. The Kier molecular flexibility index (Phi) is 1.75. The highest BCUT2D eigenvalue weighted by Crippen LogP contribution is 2.14. The predicted molar refractivity (Wildman–Crippen MR) is 42.9 cm³/mol. The van der Waals surface area contributed by atoms with Gasteiger partial charge in [-0.15, -0.1) is 11.3 Å². The summed E-state index contributed by atoms with van der Waals surface area (Å²) in [4.78, 5) is 7.66. The van der Waals surface area contributed by atoms with E-state index in [-0.39, 0.29) is 5.88 Å². The van der Waals surface area contributed by atoms with Gasteiger partial charge in [0.1, 0.15) is 17.7 Å². The zero-order valence-electron chi connectivity index (χ0n) is 6.08. The monoisotopic (exact) mass is 182 g/mol. The molecule has 2 rings (SSSR count). The van der Waals surface area contributed by atoms with Gasteiger partial charge in [0.2, 0.25) is 5.88 Å². The summed E-state index contributed by atoms with van der Waals surface area (Å²) < 4.78 is 1.65. The van der Waals surface area contributed by atoms with E-state index in [4.69, 9.17) is 5.11 Å². The van der Waals surface area contributed by atoms with E-state index in [0.717, 1.165) is 5.01 Å². The van der Waals surface area contributed by atoms with Crippen molar-refractivity contribution >= 4 is 11.3 Å². The quantitative estimate of drug-likeness (QED) is 0.734. The molecular weight excluding hydrogens is 176 g/mol. The molecule has 0 unspecified atom stereocenters. The summed E-state index contributed by atoms with van der Waals surface area (Å²) >= 11 is 1.40. The van der Waals surface area contributed by atoms with Gasteiger partial charge in [0.25, 0.3) is 0 Å². The molecule has 0 amide bonds. The van der Waals surface area contributed by atoms with Crippen LogP contribution in [-0.4, -0.2) is 24.9 Å². The molecular formula is C6H6N4OS. The van der Waals surface area contributed by atoms with Crippen LogP contribution in [0.25, 0.3) is 0 Å². The van der Waals surface area contributed by atoms with Crippen molar-refractivity contribution in [2.45, 2.75) is 6.54 Å². The van der Waals surface area contributed by atoms with Crippen LogP contribution in [0.2, 0.25) is 0 Å². The largest absolute Gasteiger partial charge is 0.493 e. The third-order valence-electron chi connectivity index (χ3n) is 1.30. The molecule has 12 heavy (non-hydrogen) atoms. The van der Waals surface area contributed by atoms with Crippen molar-refractivity contribution in [1.29, 1.82) is 0 Å². The molecule has 1 N–H and O–H groups in total. The van der Waals surface area contributed by atoms with Gasteiger partial charge in [-0.2, -0.15) is 5.10 Å². The highest BCUT2D eigenvalue weighted by molar-refractivity contribution is 7.09. The summed E-state index contributed by atoms with van der Waals surface area (Å²) in [5, 5.41) is 15.3. The molecule has 0 spiro atoms. The Hall–Kier alpha value is -1.43. The van der Waals surface area contributed by atoms with Crippen molar-refractivity contribution in [2.24, 2.45) is 0 Å². The van der Waals surface area contributed by atoms with Crippen molar-refractivity contribution in [3.63, 3.8) is 0 Å². The molecule has 0 aliphatic carbocycles. The van der Waals surface area contributed by atoms with Crippen LogP contribution in [0.5, 0.6) is 5.88 Å². The standard InChI is InChI=1S/C6H6N4OS/c11-5-2-12-6(9-5)1-10-4-7-3-8-10/h2-4,11H,1H2. The number of hydrogen-bond donors (Lipinski definition) is 1. The lowest BCUT2D eigenvalue weighted by Crippen LogP contribution is -1.98. The Labute approximate surface area is 72.3 Å². The van der Waals surface area contributed by atoms with Gasteiger partial charge in [-0.25, -0.2) is 14.6 Å². The first-order chi connectivity index (χ1) is 5.84. The van der Waals surface area contributed by atoms with Crippen LogP contribution in [-0.2, 0) is 6.54 Å². The van der Waals surface area contributed by atoms with E-state index in [1.807, 2.05) is 0 Å². The highest BCUT2D eigenvalue weighted by Gasteiger charge is 2.00. The summed E-state index contributed by atoms with van der Waals surface area (Å²) in [7, 11) is 0. The second-order valence-electron chi connectivity index (χ2n) is 2.19. The van der Waals surface area contributed by atoms with Gasteiger partial charge in [0.05, 0.1) is 11.9 Å². The van der Waals surface area contributed by atoms with Gasteiger partial charge in [0, 0.05) is 0 Å². The summed E-state index contributed by atoms with van der Waals surface area (Å²) in [5.74, 6) is 0.0649. The molecule has 0 aliphatic heterocycles. The molecule has 0 saturated carbocycles. The molecule has 2 aromatic heterocycles. The van der Waals surface area contributed by atoms with E-state index in [1.54, 1.807) is 16.4 Å². The fourth-order valence-electron chi connectivity index (χ4n) is 0.827. The van der Waals surface area contributed by atoms with Crippen molar-refractivity contribution in [2.75, 3.05) is 0 Å². The minimum absolute atomic E-state index is 0.0649. The van der Waals surface area contributed by atoms with Crippen LogP contribution in [0, 0.1) is 0 Å². The number of aromatic hydroxyl groups is 1. The lowest BCUT2D eigenvalue weighted by Gasteiger charge is -1.93. The third kappa shape index (κ3) is 1.42. The number of nitrogens with zero attached hydrogens (tertiary/aromatic N) is 4. The minimum Gasteiger partial charge on any atom is -0.493 e. The minimum atomic E-state index is 0.0649.